The van der Waals surface area contributed by atoms with Gasteiger partial charge in [0.25, 0.3) is 5.91 Å². The van der Waals surface area contributed by atoms with Gasteiger partial charge < -0.3 is 14.7 Å². The Morgan fingerprint density at radius 3 is 2.44 bits per heavy atom. The van der Waals surface area contributed by atoms with E-state index < -0.39 is 11.9 Å². The molecule has 0 aromatic heterocycles. The van der Waals surface area contributed by atoms with Crippen LogP contribution in [-0.2, 0) is 9.59 Å². The van der Waals surface area contributed by atoms with Gasteiger partial charge in [0.15, 0.2) is 6.61 Å². The predicted molar refractivity (Wildman–Crippen MR) is 93.8 cm³/mol. The van der Waals surface area contributed by atoms with Crippen molar-refractivity contribution in [2.75, 3.05) is 19.7 Å². The molecule has 2 atom stereocenters. The number of para-hydroxylation sites is 1. The molecule has 0 aliphatic carbocycles. The quantitative estimate of drug-likeness (QED) is 0.891. The summed E-state index contributed by atoms with van der Waals surface area (Å²) < 4.78 is 5.48. The van der Waals surface area contributed by atoms with Crippen LogP contribution in [0.5, 0.6) is 5.75 Å². The van der Waals surface area contributed by atoms with Gasteiger partial charge in [0.1, 0.15) is 5.75 Å². The smallest absolute Gasteiger partial charge is 0.308 e. The first kappa shape index (κ1) is 17.3. The summed E-state index contributed by atoms with van der Waals surface area (Å²) in [4.78, 5) is 25.6. The fourth-order valence-corrected chi connectivity index (χ4v) is 3.28. The van der Waals surface area contributed by atoms with Gasteiger partial charge in [0.2, 0.25) is 0 Å². The van der Waals surface area contributed by atoms with Gasteiger partial charge in [-0.15, -0.1) is 0 Å². The van der Waals surface area contributed by atoms with E-state index in [9.17, 15) is 14.7 Å². The zero-order valence-corrected chi connectivity index (χ0v) is 14.2. The molecule has 2 aromatic rings. The summed E-state index contributed by atoms with van der Waals surface area (Å²) in [6.45, 7) is 0.378. The largest absolute Gasteiger partial charge is 0.482 e. The fourth-order valence-electron chi connectivity index (χ4n) is 3.09. The van der Waals surface area contributed by atoms with Crippen LogP contribution in [0.15, 0.2) is 54.6 Å². The number of ether oxygens (including phenoxy) is 1. The molecule has 1 N–H and O–H groups in total. The molecule has 5 nitrogen and oxygen atoms in total. The Morgan fingerprint density at radius 2 is 1.76 bits per heavy atom. The van der Waals surface area contributed by atoms with E-state index in [1.165, 1.54) is 0 Å². The lowest BCUT2D eigenvalue weighted by molar-refractivity contribution is -0.142. The molecule has 2 aromatic carbocycles. The van der Waals surface area contributed by atoms with Crippen LogP contribution in [0.25, 0.3) is 0 Å². The fraction of sp³-hybridized carbons (Fsp3) is 0.263. The van der Waals surface area contributed by atoms with Crippen LogP contribution in [0.4, 0.5) is 0 Å². The van der Waals surface area contributed by atoms with Crippen molar-refractivity contribution in [1.29, 1.82) is 0 Å². The highest BCUT2D eigenvalue weighted by Gasteiger charge is 2.40. The van der Waals surface area contributed by atoms with E-state index in [4.69, 9.17) is 16.3 Å². The van der Waals surface area contributed by atoms with E-state index in [2.05, 4.69) is 0 Å². The highest BCUT2D eigenvalue weighted by molar-refractivity contribution is 6.32. The minimum absolute atomic E-state index is 0.169. The molecule has 1 aliphatic rings. The van der Waals surface area contributed by atoms with Crippen molar-refractivity contribution >= 4 is 23.5 Å². The molecule has 0 radical (unpaired) electrons. The molecule has 2 unspecified atom stereocenters. The number of benzene rings is 2. The third-order valence-corrected chi connectivity index (χ3v) is 4.72. The van der Waals surface area contributed by atoms with Gasteiger partial charge in [-0.25, -0.2) is 0 Å². The van der Waals surface area contributed by atoms with Crippen LogP contribution in [0.3, 0.4) is 0 Å². The molecular weight excluding hydrogens is 342 g/mol. The minimum Gasteiger partial charge on any atom is -0.482 e. The first-order chi connectivity index (χ1) is 12.1. The second-order valence-corrected chi connectivity index (χ2v) is 6.39. The maximum Gasteiger partial charge on any atom is 0.308 e. The summed E-state index contributed by atoms with van der Waals surface area (Å²) in [6, 6.07) is 16.3. The van der Waals surface area contributed by atoms with Crippen LogP contribution in [-0.4, -0.2) is 41.6 Å². The summed E-state index contributed by atoms with van der Waals surface area (Å²) in [5.74, 6) is -1.54. The van der Waals surface area contributed by atoms with Crippen molar-refractivity contribution in [3.05, 3.63) is 65.2 Å². The molecule has 6 heteroatoms. The number of carbonyl (C=O) groups excluding carboxylic acids is 1. The number of carboxylic acids is 1. The van der Waals surface area contributed by atoms with Crippen LogP contribution in [0.2, 0.25) is 5.02 Å². The number of aliphatic carboxylic acids is 1. The molecule has 1 aliphatic heterocycles. The normalized spacial score (nSPS) is 19.6. The van der Waals surface area contributed by atoms with Gasteiger partial charge in [0, 0.05) is 19.0 Å². The van der Waals surface area contributed by atoms with Gasteiger partial charge in [-0.3, -0.25) is 9.59 Å². The van der Waals surface area contributed by atoms with E-state index in [0.29, 0.717) is 17.3 Å². The van der Waals surface area contributed by atoms with E-state index in [0.717, 1.165) is 5.56 Å². The zero-order chi connectivity index (χ0) is 17.8. The molecule has 3 rings (SSSR count). The lowest BCUT2D eigenvalue weighted by Crippen LogP contribution is -2.33. The van der Waals surface area contributed by atoms with E-state index in [1.54, 1.807) is 29.2 Å². The second-order valence-electron chi connectivity index (χ2n) is 5.98. The summed E-state index contributed by atoms with van der Waals surface area (Å²) >= 11 is 6.01. The molecule has 1 heterocycles. The molecule has 1 saturated heterocycles. The SMILES string of the molecule is O=C(O)C1CN(C(=O)COc2ccccc2Cl)CC1c1ccccc1. The number of amides is 1. The Kier molecular flexibility index (Phi) is 5.24. The average molecular weight is 360 g/mol. The Labute approximate surface area is 150 Å². The number of hydrogen-bond donors (Lipinski definition) is 1. The number of hydrogen-bond acceptors (Lipinski definition) is 3. The van der Waals surface area contributed by atoms with Crippen LogP contribution < -0.4 is 4.74 Å². The molecule has 130 valence electrons. The van der Waals surface area contributed by atoms with E-state index in [-0.39, 0.29) is 25.0 Å². The second kappa shape index (κ2) is 7.57. The maximum absolute atomic E-state index is 12.4. The number of rotatable bonds is 5. The van der Waals surface area contributed by atoms with Crippen molar-refractivity contribution in [3.8, 4) is 5.75 Å². The number of likely N-dealkylation sites (tertiary alicyclic amines) is 1. The Bertz CT molecular complexity index is 765. The Morgan fingerprint density at radius 1 is 1.08 bits per heavy atom. The van der Waals surface area contributed by atoms with E-state index in [1.807, 2.05) is 30.3 Å². The van der Waals surface area contributed by atoms with Crippen molar-refractivity contribution in [3.63, 3.8) is 0 Å². The molecule has 1 amide bonds. The zero-order valence-electron chi connectivity index (χ0n) is 13.5. The Balaban J connectivity index is 1.67. The van der Waals surface area contributed by atoms with Gasteiger partial charge in [-0.1, -0.05) is 54.1 Å². The molecule has 25 heavy (non-hydrogen) atoms. The molecule has 1 fully saturated rings. The molecule has 0 saturated carbocycles. The molecular formula is C19H18ClNO4. The lowest BCUT2D eigenvalue weighted by atomic mass is 9.89. The number of carboxylic acid groups (broad SMARTS) is 1. The lowest BCUT2D eigenvalue weighted by Gasteiger charge is -2.17. The van der Waals surface area contributed by atoms with Crippen molar-refractivity contribution in [2.45, 2.75) is 5.92 Å². The number of carbonyl (C=O) groups is 2. The van der Waals surface area contributed by atoms with Gasteiger partial charge in [-0.2, -0.15) is 0 Å². The summed E-state index contributed by atoms with van der Waals surface area (Å²) in [5, 5.41) is 9.93. The maximum atomic E-state index is 12.4. The highest BCUT2D eigenvalue weighted by atomic mass is 35.5. The molecule has 0 spiro atoms. The van der Waals surface area contributed by atoms with E-state index >= 15 is 0 Å². The topological polar surface area (TPSA) is 66.8 Å². The first-order valence-electron chi connectivity index (χ1n) is 7.99. The predicted octanol–water partition coefficient (Wildman–Crippen LogP) is 3.05. The summed E-state index contributed by atoms with van der Waals surface area (Å²) in [6.07, 6.45) is 0. The first-order valence-corrected chi connectivity index (χ1v) is 8.37. The van der Waals surface area contributed by atoms with Crippen molar-refractivity contribution in [1.82, 2.24) is 4.90 Å². The number of halogens is 1. The third-order valence-electron chi connectivity index (χ3n) is 4.41. The molecule has 0 bridgehead atoms. The monoisotopic (exact) mass is 359 g/mol. The summed E-state index contributed by atoms with van der Waals surface area (Å²) in [5.41, 5.74) is 0.928. The van der Waals surface area contributed by atoms with Crippen LogP contribution in [0, 0.1) is 5.92 Å². The number of nitrogens with zero attached hydrogens (tertiary/aromatic N) is 1. The Hall–Kier alpha value is -2.53. The van der Waals surface area contributed by atoms with Crippen molar-refractivity contribution in [2.24, 2.45) is 5.92 Å². The third kappa shape index (κ3) is 3.94. The van der Waals surface area contributed by atoms with Gasteiger partial charge in [0.05, 0.1) is 10.9 Å². The highest BCUT2D eigenvalue weighted by Crippen LogP contribution is 2.33. The van der Waals surface area contributed by atoms with Gasteiger partial charge in [-0.05, 0) is 17.7 Å². The standard InChI is InChI=1S/C19H18ClNO4/c20-16-8-4-5-9-17(16)25-12-18(22)21-10-14(15(11-21)19(23)24)13-6-2-1-3-7-13/h1-9,14-15H,10-12H2,(H,23,24). The van der Waals surface area contributed by atoms with Crippen LogP contribution >= 0.6 is 11.6 Å². The van der Waals surface area contributed by atoms with Crippen molar-refractivity contribution < 1.29 is 19.4 Å². The van der Waals surface area contributed by atoms with Crippen LogP contribution in [0.1, 0.15) is 11.5 Å². The van der Waals surface area contributed by atoms with Gasteiger partial charge >= 0.3 is 5.97 Å². The average Bonchev–Trinajstić information content (AvgIpc) is 3.07. The summed E-state index contributed by atoms with van der Waals surface area (Å²) in [7, 11) is 0. The minimum atomic E-state index is -0.892.